The second-order valence-electron chi connectivity index (χ2n) is 8.49. The number of ether oxygens (including phenoxy) is 2. The van der Waals surface area contributed by atoms with Gasteiger partial charge in [0.05, 0.1) is 11.8 Å². The fraction of sp³-hybridized carbons (Fsp3) is 0.320. The quantitative estimate of drug-likeness (QED) is 0.451. The SMILES string of the molecule is C.CC1(C)OC2C(C=O)c3c([nH]c4ccccc34)C(c3c[nH]c4ccccc34)C2O1. The average Bonchev–Trinajstić information content (AvgIpc) is 3.38. The predicted molar refractivity (Wildman–Crippen MR) is 118 cm³/mol. The second kappa shape index (κ2) is 6.56. The van der Waals surface area contributed by atoms with Gasteiger partial charge in [0, 0.05) is 33.7 Å². The molecule has 0 spiro atoms. The first-order chi connectivity index (χ1) is 14.1. The van der Waals surface area contributed by atoms with Gasteiger partial charge in [0.2, 0.25) is 0 Å². The van der Waals surface area contributed by atoms with E-state index in [9.17, 15) is 4.79 Å². The van der Waals surface area contributed by atoms with Crippen molar-refractivity contribution in [2.24, 2.45) is 0 Å². The molecule has 1 aliphatic heterocycles. The lowest BCUT2D eigenvalue weighted by atomic mass is 9.73. The molecule has 2 N–H and O–H groups in total. The van der Waals surface area contributed by atoms with Gasteiger partial charge in [-0.2, -0.15) is 0 Å². The molecule has 4 aromatic rings. The summed E-state index contributed by atoms with van der Waals surface area (Å²) in [6.45, 7) is 3.85. The minimum Gasteiger partial charge on any atom is -0.361 e. The molecule has 3 heterocycles. The number of aromatic amines is 2. The van der Waals surface area contributed by atoms with Crippen LogP contribution in [0.25, 0.3) is 21.8 Å². The third-order valence-corrected chi connectivity index (χ3v) is 6.37. The van der Waals surface area contributed by atoms with Crippen LogP contribution in [0.5, 0.6) is 0 Å². The smallest absolute Gasteiger partial charge is 0.163 e. The number of H-pyrrole nitrogens is 2. The third-order valence-electron chi connectivity index (χ3n) is 6.37. The van der Waals surface area contributed by atoms with Gasteiger partial charge >= 0.3 is 0 Å². The average molecular weight is 402 g/mol. The van der Waals surface area contributed by atoms with E-state index in [1.54, 1.807) is 0 Å². The topological polar surface area (TPSA) is 67.1 Å². The lowest BCUT2D eigenvalue weighted by molar-refractivity contribution is -0.148. The maximum Gasteiger partial charge on any atom is 0.163 e. The number of nitrogens with one attached hydrogen (secondary N) is 2. The number of hydrogen-bond donors (Lipinski definition) is 2. The van der Waals surface area contributed by atoms with Crippen LogP contribution in [0.15, 0.2) is 54.7 Å². The molecule has 2 aliphatic rings. The van der Waals surface area contributed by atoms with Crippen molar-refractivity contribution in [1.82, 2.24) is 9.97 Å². The monoisotopic (exact) mass is 402 g/mol. The van der Waals surface area contributed by atoms with Crippen LogP contribution in [0.2, 0.25) is 0 Å². The predicted octanol–water partition coefficient (Wildman–Crippen LogP) is 5.23. The third kappa shape index (κ3) is 2.52. The highest BCUT2D eigenvalue weighted by molar-refractivity contribution is 5.91. The Morgan fingerprint density at radius 3 is 2.37 bits per heavy atom. The van der Waals surface area contributed by atoms with Crippen molar-refractivity contribution >= 4 is 28.1 Å². The minimum absolute atomic E-state index is 0. The van der Waals surface area contributed by atoms with Crippen molar-refractivity contribution in [2.45, 2.75) is 51.1 Å². The molecule has 2 aromatic carbocycles. The molecule has 2 aromatic heterocycles. The number of aldehydes is 1. The number of carbonyl (C=O) groups excluding carboxylic acids is 1. The molecule has 0 radical (unpaired) electrons. The second-order valence-corrected chi connectivity index (χ2v) is 8.49. The Kier molecular flexibility index (Phi) is 4.17. The van der Waals surface area contributed by atoms with E-state index in [1.807, 2.05) is 32.0 Å². The number of hydrogen-bond acceptors (Lipinski definition) is 3. The molecule has 1 fully saturated rings. The van der Waals surface area contributed by atoms with E-state index in [1.165, 1.54) is 5.39 Å². The van der Waals surface area contributed by atoms with Crippen molar-refractivity contribution in [3.05, 3.63) is 71.5 Å². The highest BCUT2D eigenvalue weighted by Crippen LogP contribution is 2.52. The fourth-order valence-electron chi connectivity index (χ4n) is 5.30. The summed E-state index contributed by atoms with van der Waals surface area (Å²) in [7, 11) is 0. The van der Waals surface area contributed by atoms with Gasteiger partial charge in [-0.25, -0.2) is 0 Å². The number of fused-ring (bicyclic) bond motifs is 5. The summed E-state index contributed by atoms with van der Waals surface area (Å²) in [6, 6.07) is 16.5. The molecule has 4 unspecified atom stereocenters. The maximum absolute atomic E-state index is 12.3. The van der Waals surface area contributed by atoms with E-state index in [0.29, 0.717) is 0 Å². The van der Waals surface area contributed by atoms with Crippen molar-refractivity contribution in [3.63, 3.8) is 0 Å². The molecule has 30 heavy (non-hydrogen) atoms. The van der Waals surface area contributed by atoms with Crippen molar-refractivity contribution in [2.75, 3.05) is 0 Å². The molecule has 5 heteroatoms. The summed E-state index contributed by atoms with van der Waals surface area (Å²) >= 11 is 0. The van der Waals surface area contributed by atoms with Crippen LogP contribution in [0.1, 0.15) is 49.9 Å². The summed E-state index contributed by atoms with van der Waals surface area (Å²) in [6.07, 6.45) is 2.51. The van der Waals surface area contributed by atoms with Gasteiger partial charge in [-0.3, -0.25) is 0 Å². The minimum atomic E-state index is -0.736. The van der Waals surface area contributed by atoms with Gasteiger partial charge in [0.25, 0.3) is 0 Å². The number of rotatable bonds is 2. The summed E-state index contributed by atoms with van der Waals surface area (Å²) < 4.78 is 12.7. The van der Waals surface area contributed by atoms with Crippen molar-refractivity contribution in [3.8, 4) is 0 Å². The van der Waals surface area contributed by atoms with Gasteiger partial charge < -0.3 is 24.2 Å². The Morgan fingerprint density at radius 2 is 1.60 bits per heavy atom. The number of benzene rings is 2. The van der Waals surface area contributed by atoms with Crippen LogP contribution in [0.3, 0.4) is 0 Å². The molecule has 1 saturated heterocycles. The van der Waals surface area contributed by atoms with Crippen molar-refractivity contribution < 1.29 is 14.3 Å². The number of para-hydroxylation sites is 2. The van der Waals surface area contributed by atoms with Crippen LogP contribution in [0, 0.1) is 0 Å². The van der Waals surface area contributed by atoms with Crippen molar-refractivity contribution in [1.29, 1.82) is 0 Å². The number of carbonyl (C=O) groups is 1. The fourth-order valence-corrected chi connectivity index (χ4v) is 5.30. The Labute approximate surface area is 175 Å². The van der Waals surface area contributed by atoms with Crippen LogP contribution < -0.4 is 0 Å². The zero-order valence-electron chi connectivity index (χ0n) is 16.3. The lowest BCUT2D eigenvalue weighted by Gasteiger charge is -2.35. The summed E-state index contributed by atoms with van der Waals surface area (Å²) in [5, 5.41) is 2.25. The van der Waals surface area contributed by atoms with Gasteiger partial charge in [0.15, 0.2) is 5.79 Å². The van der Waals surface area contributed by atoms with Crippen LogP contribution in [0.4, 0.5) is 0 Å². The molecule has 6 rings (SSSR count). The zero-order chi connectivity index (χ0) is 19.8. The van der Waals surface area contributed by atoms with Gasteiger partial charge in [-0.15, -0.1) is 0 Å². The lowest BCUT2D eigenvalue weighted by Crippen LogP contribution is -2.40. The molecule has 4 atom stereocenters. The molecule has 5 nitrogen and oxygen atoms in total. The largest absolute Gasteiger partial charge is 0.361 e. The highest BCUT2D eigenvalue weighted by atomic mass is 16.8. The van der Waals surface area contributed by atoms with E-state index in [4.69, 9.17) is 9.47 Å². The van der Waals surface area contributed by atoms with E-state index in [0.717, 1.165) is 39.5 Å². The van der Waals surface area contributed by atoms with E-state index in [2.05, 4.69) is 46.5 Å². The maximum atomic E-state index is 12.3. The summed E-state index contributed by atoms with van der Waals surface area (Å²) in [5.41, 5.74) is 5.37. The van der Waals surface area contributed by atoms with Gasteiger partial charge in [-0.05, 0) is 37.1 Å². The molecule has 0 bridgehead atoms. The first-order valence-corrected chi connectivity index (χ1v) is 10.0. The molecule has 0 saturated carbocycles. The standard InChI is InChI=1S/C24H22N2O3.CH4/c1-24(2)28-22-16(12-27)19-14-8-4-6-10-18(14)26-21(19)20(23(22)29-24)15-11-25-17-9-5-3-7-13(15)17;/h3-12,16,20,22-23,25-26H,1-2H3;1H4. The molecule has 0 amide bonds. The summed E-state index contributed by atoms with van der Waals surface area (Å²) in [5.74, 6) is -1.16. The molecule has 1 aliphatic carbocycles. The Hall–Kier alpha value is -2.89. The number of aromatic nitrogens is 2. The Balaban J connectivity index is 0.00000193. The normalized spacial score (nSPS) is 26.9. The highest BCUT2D eigenvalue weighted by Gasteiger charge is 2.54. The molecule has 154 valence electrons. The Morgan fingerprint density at radius 1 is 0.933 bits per heavy atom. The van der Waals surface area contributed by atoms with Crippen LogP contribution in [-0.4, -0.2) is 34.2 Å². The van der Waals surface area contributed by atoms with Gasteiger partial charge in [-0.1, -0.05) is 43.8 Å². The molecular weight excluding hydrogens is 376 g/mol. The first-order valence-electron chi connectivity index (χ1n) is 10.0. The van der Waals surface area contributed by atoms with E-state index < -0.39 is 5.79 Å². The first kappa shape index (κ1) is 19.1. The van der Waals surface area contributed by atoms with Crippen LogP contribution in [-0.2, 0) is 14.3 Å². The summed E-state index contributed by atoms with van der Waals surface area (Å²) in [4.78, 5) is 19.3. The zero-order valence-corrected chi connectivity index (χ0v) is 16.3. The van der Waals surface area contributed by atoms with E-state index in [-0.39, 0.29) is 31.5 Å². The Bertz CT molecular complexity index is 1250. The van der Waals surface area contributed by atoms with E-state index >= 15 is 0 Å². The van der Waals surface area contributed by atoms with Crippen LogP contribution >= 0.6 is 0 Å². The molecular formula is C25H26N2O3. The van der Waals surface area contributed by atoms with Gasteiger partial charge in [0.1, 0.15) is 18.5 Å².